The molecule has 0 spiro atoms. The van der Waals surface area contributed by atoms with Gasteiger partial charge < -0.3 is 9.15 Å². The maximum absolute atomic E-state index is 6.27. The number of furan rings is 1. The van der Waals surface area contributed by atoms with E-state index in [0.717, 1.165) is 49.6 Å². The molecule has 0 unspecified atom stereocenters. The van der Waals surface area contributed by atoms with E-state index in [4.69, 9.17) is 14.1 Å². The van der Waals surface area contributed by atoms with E-state index in [0.29, 0.717) is 11.6 Å². The monoisotopic (exact) mass is 477 g/mol. The molecule has 0 radical (unpaired) electrons. The van der Waals surface area contributed by atoms with Gasteiger partial charge in [-0.2, -0.15) is 5.10 Å². The van der Waals surface area contributed by atoms with Gasteiger partial charge in [-0.1, -0.05) is 60.7 Å². The van der Waals surface area contributed by atoms with Gasteiger partial charge in [-0.25, -0.2) is 9.50 Å². The molecule has 4 heterocycles. The third kappa shape index (κ3) is 3.04. The Labute approximate surface area is 211 Å². The summed E-state index contributed by atoms with van der Waals surface area (Å²) in [5.41, 5.74) is 5.47. The van der Waals surface area contributed by atoms with Crippen molar-refractivity contribution in [3.05, 3.63) is 115 Å². The fraction of sp³-hybridized carbons (Fsp3) is 0. The highest BCUT2D eigenvalue weighted by molar-refractivity contribution is 6.12. The van der Waals surface area contributed by atoms with Gasteiger partial charge in [0.1, 0.15) is 16.9 Å². The van der Waals surface area contributed by atoms with Crippen LogP contribution in [0.25, 0.3) is 60.4 Å². The number of ether oxygens (including phenoxy) is 1. The Balaban J connectivity index is 1.23. The van der Waals surface area contributed by atoms with Crippen LogP contribution < -0.4 is 4.74 Å². The third-order valence-electron chi connectivity index (χ3n) is 6.96. The average Bonchev–Trinajstić information content (AvgIpc) is 3.59. The molecule has 0 aliphatic carbocycles. The number of pyridine rings is 2. The Morgan fingerprint density at radius 3 is 2.35 bits per heavy atom. The lowest BCUT2D eigenvalue weighted by Gasteiger charge is -2.11. The van der Waals surface area contributed by atoms with Crippen LogP contribution in [0.3, 0.4) is 0 Å². The molecule has 8 aromatic rings. The lowest BCUT2D eigenvalue weighted by atomic mass is 10.0. The summed E-state index contributed by atoms with van der Waals surface area (Å²) in [6.07, 6.45) is 1.83. The molecular weight excluding hydrogens is 458 g/mol. The summed E-state index contributed by atoms with van der Waals surface area (Å²) in [5.74, 6) is 1.22. The van der Waals surface area contributed by atoms with Crippen molar-refractivity contribution in [1.29, 1.82) is 0 Å². The van der Waals surface area contributed by atoms with Crippen molar-refractivity contribution in [2.24, 2.45) is 0 Å². The molecule has 174 valence electrons. The predicted molar refractivity (Wildman–Crippen MR) is 147 cm³/mol. The first kappa shape index (κ1) is 20.1. The molecule has 0 aliphatic rings. The molecule has 4 aromatic carbocycles. The second-order valence-electron chi connectivity index (χ2n) is 9.10. The van der Waals surface area contributed by atoms with E-state index in [-0.39, 0.29) is 0 Å². The number of rotatable bonds is 3. The number of hydrogen-bond acceptors (Lipinski definition) is 4. The van der Waals surface area contributed by atoms with Crippen molar-refractivity contribution < 1.29 is 9.15 Å². The van der Waals surface area contributed by atoms with Crippen LogP contribution in [0.1, 0.15) is 0 Å². The van der Waals surface area contributed by atoms with Gasteiger partial charge in [0.15, 0.2) is 0 Å². The average molecular weight is 478 g/mol. The maximum Gasteiger partial charge on any atom is 0.219 e. The molecule has 5 nitrogen and oxygen atoms in total. The highest BCUT2D eigenvalue weighted by atomic mass is 16.5. The summed E-state index contributed by atoms with van der Waals surface area (Å²) < 4.78 is 14.5. The molecule has 0 aliphatic heterocycles. The van der Waals surface area contributed by atoms with Crippen LogP contribution >= 0.6 is 0 Å². The number of benzene rings is 4. The molecule has 8 rings (SSSR count). The van der Waals surface area contributed by atoms with Gasteiger partial charge in [0.25, 0.3) is 0 Å². The third-order valence-corrected chi connectivity index (χ3v) is 6.96. The van der Waals surface area contributed by atoms with Crippen molar-refractivity contribution in [2.75, 3.05) is 0 Å². The van der Waals surface area contributed by atoms with Crippen LogP contribution in [0, 0.1) is 0 Å². The Hall–Kier alpha value is -5.16. The first-order valence-electron chi connectivity index (χ1n) is 12.2. The van der Waals surface area contributed by atoms with E-state index >= 15 is 0 Å². The van der Waals surface area contributed by atoms with Crippen LogP contribution in [-0.4, -0.2) is 14.6 Å². The van der Waals surface area contributed by atoms with Gasteiger partial charge in [0.2, 0.25) is 5.88 Å². The molecule has 0 saturated carbocycles. The molecule has 37 heavy (non-hydrogen) atoms. The lowest BCUT2D eigenvalue weighted by Crippen LogP contribution is -1.94. The molecule has 5 heteroatoms. The molecule has 0 bridgehead atoms. The van der Waals surface area contributed by atoms with Crippen molar-refractivity contribution in [2.45, 2.75) is 0 Å². The molecule has 0 N–H and O–H groups in total. The van der Waals surface area contributed by atoms with Gasteiger partial charge in [0.05, 0.1) is 22.9 Å². The zero-order valence-corrected chi connectivity index (χ0v) is 19.6. The highest BCUT2D eigenvalue weighted by Crippen LogP contribution is 2.36. The molecule has 4 aromatic heterocycles. The molecule has 0 fully saturated rings. The number of aromatic nitrogens is 3. The minimum atomic E-state index is 0.516. The normalized spacial score (nSPS) is 11.8. The van der Waals surface area contributed by atoms with Gasteiger partial charge in [-0.05, 0) is 41.8 Å². The highest BCUT2D eigenvalue weighted by Gasteiger charge is 2.14. The van der Waals surface area contributed by atoms with Crippen molar-refractivity contribution in [3.8, 4) is 22.9 Å². The van der Waals surface area contributed by atoms with Gasteiger partial charge in [0, 0.05) is 39.2 Å². The lowest BCUT2D eigenvalue weighted by molar-refractivity contribution is 0.464. The van der Waals surface area contributed by atoms with Crippen LogP contribution in [0.4, 0.5) is 0 Å². The summed E-state index contributed by atoms with van der Waals surface area (Å²) >= 11 is 0. The largest absolute Gasteiger partial charge is 0.455 e. The van der Waals surface area contributed by atoms with Gasteiger partial charge >= 0.3 is 0 Å². The Kier molecular flexibility index (Phi) is 4.16. The number of para-hydroxylation sites is 2. The van der Waals surface area contributed by atoms with Crippen LogP contribution in [-0.2, 0) is 0 Å². The van der Waals surface area contributed by atoms with Crippen LogP contribution in [0.5, 0.6) is 11.6 Å². The SMILES string of the molecule is c1cc(Oc2ccc3c4ccccc4c4ccnn4c3c2)nc(-c2cccc3c2oc2ccccc23)c1. The van der Waals surface area contributed by atoms with Gasteiger partial charge in [-0.15, -0.1) is 0 Å². The molecule has 0 atom stereocenters. The van der Waals surface area contributed by atoms with Crippen LogP contribution in [0.15, 0.2) is 120 Å². The second kappa shape index (κ2) is 7.67. The Morgan fingerprint density at radius 1 is 0.622 bits per heavy atom. The fourth-order valence-corrected chi connectivity index (χ4v) is 5.31. The standard InChI is InChI=1S/C32H19N3O2/c1-2-8-22-21(7-1)23-16-15-20(19-29(23)35-28(22)17-18-33-35)36-31-14-6-12-27(34-31)26-11-5-10-25-24-9-3-4-13-30(24)37-32(25)26/h1-19H. The van der Waals surface area contributed by atoms with Crippen molar-refractivity contribution in [3.63, 3.8) is 0 Å². The Morgan fingerprint density at radius 2 is 1.41 bits per heavy atom. The molecule has 0 amide bonds. The number of fused-ring (bicyclic) bond motifs is 9. The second-order valence-corrected chi connectivity index (χ2v) is 9.10. The minimum absolute atomic E-state index is 0.516. The smallest absolute Gasteiger partial charge is 0.219 e. The van der Waals surface area contributed by atoms with E-state index in [9.17, 15) is 0 Å². The fourth-order valence-electron chi connectivity index (χ4n) is 5.31. The van der Waals surface area contributed by atoms with E-state index in [1.165, 1.54) is 10.8 Å². The summed E-state index contributed by atoms with van der Waals surface area (Å²) in [7, 11) is 0. The minimum Gasteiger partial charge on any atom is -0.455 e. The van der Waals surface area contributed by atoms with E-state index in [1.54, 1.807) is 0 Å². The van der Waals surface area contributed by atoms with Crippen molar-refractivity contribution >= 4 is 49.1 Å². The molecule has 0 saturated heterocycles. The Bertz CT molecular complexity index is 2140. The summed E-state index contributed by atoms with van der Waals surface area (Å²) in [4.78, 5) is 4.84. The number of hydrogen-bond donors (Lipinski definition) is 0. The van der Waals surface area contributed by atoms with Crippen molar-refractivity contribution in [1.82, 2.24) is 14.6 Å². The maximum atomic E-state index is 6.27. The summed E-state index contributed by atoms with van der Waals surface area (Å²) in [6, 6.07) is 36.6. The first-order chi connectivity index (χ1) is 18.3. The zero-order chi connectivity index (χ0) is 24.3. The zero-order valence-electron chi connectivity index (χ0n) is 19.6. The van der Waals surface area contributed by atoms with E-state index < -0.39 is 0 Å². The first-order valence-corrected chi connectivity index (χ1v) is 12.2. The number of nitrogens with zero attached hydrogens (tertiary/aromatic N) is 3. The summed E-state index contributed by atoms with van der Waals surface area (Å²) in [5, 5.41) is 10.2. The van der Waals surface area contributed by atoms with Crippen LogP contribution in [0.2, 0.25) is 0 Å². The van der Waals surface area contributed by atoms with E-state index in [2.05, 4.69) is 47.6 Å². The quantitative estimate of drug-likeness (QED) is 0.240. The van der Waals surface area contributed by atoms with Gasteiger partial charge in [-0.3, -0.25) is 0 Å². The molecular formula is C32H19N3O2. The summed E-state index contributed by atoms with van der Waals surface area (Å²) in [6.45, 7) is 0. The van der Waals surface area contributed by atoms with E-state index in [1.807, 2.05) is 77.4 Å². The topological polar surface area (TPSA) is 52.6 Å². The predicted octanol–water partition coefficient (Wildman–Crippen LogP) is 8.39.